The lowest BCUT2D eigenvalue weighted by Crippen LogP contribution is -2.30. The predicted octanol–water partition coefficient (Wildman–Crippen LogP) is 2.71. The summed E-state index contributed by atoms with van der Waals surface area (Å²) in [5.41, 5.74) is 0. The lowest BCUT2D eigenvalue weighted by Gasteiger charge is -2.25. The van der Waals surface area contributed by atoms with Crippen LogP contribution in [0.25, 0.3) is 0 Å². The molecule has 1 fully saturated rings. The molecule has 1 saturated carbocycles. The molecule has 6 nitrogen and oxygen atoms in total. The zero-order valence-corrected chi connectivity index (χ0v) is 14.4. The van der Waals surface area contributed by atoms with Crippen molar-refractivity contribution in [2.24, 2.45) is 0 Å². The highest BCUT2D eigenvalue weighted by Gasteiger charge is 2.22. The quantitative estimate of drug-likeness (QED) is 0.280. The average Bonchev–Trinajstić information content (AvgIpc) is 2.87. The smallest absolute Gasteiger partial charge is 0.308 e. The number of unbranched alkanes of at least 4 members (excludes halogenated alkanes) is 2. The van der Waals surface area contributed by atoms with E-state index in [4.69, 9.17) is 9.47 Å². The molecule has 1 unspecified atom stereocenters. The van der Waals surface area contributed by atoms with E-state index in [0.29, 0.717) is 25.8 Å². The highest BCUT2D eigenvalue weighted by Crippen LogP contribution is 2.21. The van der Waals surface area contributed by atoms with E-state index in [-0.39, 0.29) is 23.9 Å². The van der Waals surface area contributed by atoms with Gasteiger partial charge in [-0.15, -0.1) is 0 Å². The Labute approximate surface area is 143 Å². The maximum absolute atomic E-state index is 11.8. The van der Waals surface area contributed by atoms with Crippen molar-refractivity contribution in [3.63, 3.8) is 0 Å². The van der Waals surface area contributed by atoms with Crippen LogP contribution in [0.15, 0.2) is 12.2 Å². The van der Waals surface area contributed by atoms with Crippen molar-refractivity contribution >= 4 is 17.8 Å². The standard InChI is InChI=1S/C18H27NO5/c1-14(23-15-8-4-2-5-9-15)24-18(22)10-6-3-7-13-19-16(20)11-12-17(19)21/h11-12,14-15H,2-10,13H2,1H3. The van der Waals surface area contributed by atoms with Gasteiger partial charge in [0.1, 0.15) is 0 Å². The number of carbonyl (C=O) groups is 3. The van der Waals surface area contributed by atoms with Gasteiger partial charge < -0.3 is 9.47 Å². The zero-order chi connectivity index (χ0) is 17.4. The molecule has 1 atom stereocenters. The fraction of sp³-hybridized carbons (Fsp3) is 0.722. The second-order valence-electron chi connectivity index (χ2n) is 6.43. The van der Waals surface area contributed by atoms with Crippen molar-refractivity contribution < 1.29 is 23.9 Å². The molecule has 0 N–H and O–H groups in total. The SMILES string of the molecule is CC(OC(=O)CCCCCN1C(=O)C=CC1=O)OC1CCCCC1. The summed E-state index contributed by atoms with van der Waals surface area (Å²) in [6, 6.07) is 0. The average molecular weight is 337 g/mol. The first-order valence-corrected chi connectivity index (χ1v) is 8.95. The fourth-order valence-electron chi connectivity index (χ4n) is 3.11. The van der Waals surface area contributed by atoms with Crippen LogP contribution < -0.4 is 0 Å². The van der Waals surface area contributed by atoms with Crippen molar-refractivity contribution in [1.29, 1.82) is 0 Å². The highest BCUT2D eigenvalue weighted by atomic mass is 16.7. The number of amides is 2. The van der Waals surface area contributed by atoms with Gasteiger partial charge in [0.2, 0.25) is 0 Å². The van der Waals surface area contributed by atoms with Gasteiger partial charge in [-0.05, 0) is 32.6 Å². The zero-order valence-electron chi connectivity index (χ0n) is 14.4. The van der Waals surface area contributed by atoms with E-state index >= 15 is 0 Å². The molecule has 0 aromatic heterocycles. The largest absolute Gasteiger partial charge is 0.436 e. The van der Waals surface area contributed by atoms with Crippen LogP contribution in [0.3, 0.4) is 0 Å². The first-order chi connectivity index (χ1) is 11.6. The number of imide groups is 1. The van der Waals surface area contributed by atoms with Crippen LogP contribution >= 0.6 is 0 Å². The number of hydrogen-bond acceptors (Lipinski definition) is 5. The first kappa shape index (κ1) is 18.6. The van der Waals surface area contributed by atoms with Gasteiger partial charge in [-0.2, -0.15) is 0 Å². The predicted molar refractivity (Wildman–Crippen MR) is 87.8 cm³/mol. The topological polar surface area (TPSA) is 72.9 Å². The molecule has 134 valence electrons. The summed E-state index contributed by atoms with van der Waals surface area (Å²) in [6.45, 7) is 2.17. The van der Waals surface area contributed by atoms with Crippen LogP contribution in [0.2, 0.25) is 0 Å². The summed E-state index contributed by atoms with van der Waals surface area (Å²) in [5.74, 6) is -0.769. The molecule has 2 amide bonds. The molecule has 0 saturated heterocycles. The Morgan fingerprint density at radius 1 is 1.12 bits per heavy atom. The van der Waals surface area contributed by atoms with Gasteiger partial charge in [0, 0.05) is 25.1 Å². The summed E-state index contributed by atoms with van der Waals surface area (Å²) in [7, 11) is 0. The maximum Gasteiger partial charge on any atom is 0.308 e. The number of ether oxygens (including phenoxy) is 2. The number of rotatable bonds is 9. The fourth-order valence-corrected chi connectivity index (χ4v) is 3.11. The number of carbonyl (C=O) groups excluding carboxylic acids is 3. The summed E-state index contributed by atoms with van der Waals surface area (Å²) in [5, 5.41) is 0. The summed E-state index contributed by atoms with van der Waals surface area (Å²) in [6.07, 6.45) is 10.5. The third kappa shape index (κ3) is 6.07. The van der Waals surface area contributed by atoms with E-state index < -0.39 is 6.29 Å². The minimum absolute atomic E-state index is 0.214. The molecule has 0 aromatic rings. The Morgan fingerprint density at radius 2 is 1.79 bits per heavy atom. The molecule has 6 heteroatoms. The molecule has 0 radical (unpaired) electrons. The van der Waals surface area contributed by atoms with Crippen LogP contribution in [0.4, 0.5) is 0 Å². The Hall–Kier alpha value is -1.69. The third-order valence-corrected chi connectivity index (χ3v) is 4.40. The van der Waals surface area contributed by atoms with Crippen LogP contribution in [-0.4, -0.2) is 41.6 Å². The summed E-state index contributed by atoms with van der Waals surface area (Å²) < 4.78 is 11.0. The lowest BCUT2D eigenvalue weighted by molar-refractivity contribution is -0.187. The van der Waals surface area contributed by atoms with Gasteiger partial charge in [-0.25, -0.2) is 0 Å². The molecule has 0 bridgehead atoms. The first-order valence-electron chi connectivity index (χ1n) is 8.95. The van der Waals surface area contributed by atoms with Crippen molar-refractivity contribution in [3.05, 3.63) is 12.2 Å². The van der Waals surface area contributed by atoms with E-state index in [1.165, 1.54) is 36.3 Å². The van der Waals surface area contributed by atoms with Gasteiger partial charge >= 0.3 is 5.97 Å². The molecule has 24 heavy (non-hydrogen) atoms. The van der Waals surface area contributed by atoms with Gasteiger partial charge in [0.25, 0.3) is 11.8 Å². The van der Waals surface area contributed by atoms with Crippen molar-refractivity contribution in [2.75, 3.05) is 6.54 Å². The summed E-state index contributed by atoms with van der Waals surface area (Å²) >= 11 is 0. The number of esters is 1. The van der Waals surface area contributed by atoms with Crippen molar-refractivity contribution in [1.82, 2.24) is 4.90 Å². The van der Waals surface area contributed by atoms with Crippen LogP contribution in [0.5, 0.6) is 0 Å². The lowest BCUT2D eigenvalue weighted by atomic mass is 9.98. The molecule has 1 heterocycles. The molecule has 0 spiro atoms. The van der Waals surface area contributed by atoms with E-state index in [1.54, 1.807) is 6.92 Å². The van der Waals surface area contributed by atoms with E-state index in [2.05, 4.69) is 0 Å². The number of nitrogens with zero attached hydrogens (tertiary/aromatic N) is 1. The molecule has 1 aliphatic heterocycles. The normalized spacial score (nSPS) is 19.8. The van der Waals surface area contributed by atoms with Gasteiger partial charge in [0.15, 0.2) is 6.29 Å². The Morgan fingerprint density at radius 3 is 2.46 bits per heavy atom. The van der Waals surface area contributed by atoms with Crippen LogP contribution in [0, 0.1) is 0 Å². The Bertz CT molecular complexity index is 464. The number of hydrogen-bond donors (Lipinski definition) is 0. The van der Waals surface area contributed by atoms with E-state index in [9.17, 15) is 14.4 Å². The van der Waals surface area contributed by atoms with Gasteiger partial charge in [0.05, 0.1) is 6.10 Å². The van der Waals surface area contributed by atoms with E-state index in [1.807, 2.05) is 0 Å². The molecule has 0 aromatic carbocycles. The Kier molecular flexibility index (Phi) is 7.43. The van der Waals surface area contributed by atoms with Crippen molar-refractivity contribution in [3.8, 4) is 0 Å². The van der Waals surface area contributed by atoms with Crippen LogP contribution in [0.1, 0.15) is 64.7 Å². The van der Waals surface area contributed by atoms with Gasteiger partial charge in [-0.1, -0.05) is 25.7 Å². The second-order valence-corrected chi connectivity index (χ2v) is 6.43. The van der Waals surface area contributed by atoms with Crippen LogP contribution in [-0.2, 0) is 23.9 Å². The Balaban J connectivity index is 1.51. The molecule has 2 rings (SSSR count). The molecule has 1 aliphatic carbocycles. The molecule has 2 aliphatic rings. The third-order valence-electron chi connectivity index (χ3n) is 4.40. The van der Waals surface area contributed by atoms with Gasteiger partial charge in [-0.3, -0.25) is 19.3 Å². The van der Waals surface area contributed by atoms with Crippen molar-refractivity contribution in [2.45, 2.75) is 77.1 Å². The second kappa shape index (κ2) is 9.57. The molecular weight excluding hydrogens is 310 g/mol. The maximum atomic E-state index is 11.8. The summed E-state index contributed by atoms with van der Waals surface area (Å²) in [4.78, 5) is 35.8. The van der Waals surface area contributed by atoms with E-state index in [0.717, 1.165) is 19.3 Å². The monoisotopic (exact) mass is 337 g/mol. The molecular formula is C18H27NO5. The minimum Gasteiger partial charge on any atom is -0.436 e. The minimum atomic E-state index is -0.494. The highest BCUT2D eigenvalue weighted by molar-refractivity contribution is 6.12.